The van der Waals surface area contributed by atoms with Crippen molar-refractivity contribution < 1.29 is 9.53 Å². The van der Waals surface area contributed by atoms with Gasteiger partial charge in [0, 0.05) is 36.2 Å². The molecule has 29 heavy (non-hydrogen) atoms. The van der Waals surface area contributed by atoms with Gasteiger partial charge < -0.3 is 10.1 Å². The fourth-order valence-corrected chi connectivity index (χ4v) is 5.66. The number of nitrogens with one attached hydrogen (secondary N) is 1. The summed E-state index contributed by atoms with van der Waals surface area (Å²) in [5.41, 5.74) is 2.76. The van der Waals surface area contributed by atoms with Gasteiger partial charge in [0.25, 0.3) is 0 Å². The lowest BCUT2D eigenvalue weighted by molar-refractivity contribution is -0.152. The monoisotopic (exact) mass is 503 g/mol. The number of pyridine rings is 1. The second-order valence-corrected chi connectivity index (χ2v) is 8.89. The van der Waals surface area contributed by atoms with E-state index in [-0.39, 0.29) is 5.97 Å². The summed E-state index contributed by atoms with van der Waals surface area (Å²) in [6, 6.07) is 6.48. The van der Waals surface area contributed by atoms with Crippen LogP contribution in [0.1, 0.15) is 38.3 Å². The highest BCUT2D eigenvalue weighted by atomic mass is 127. The predicted octanol–water partition coefficient (Wildman–Crippen LogP) is 3.11. The van der Waals surface area contributed by atoms with E-state index in [1.165, 1.54) is 0 Å². The van der Waals surface area contributed by atoms with E-state index in [2.05, 4.69) is 37.9 Å². The lowest BCUT2D eigenvalue weighted by Crippen LogP contribution is -2.52. The molecule has 0 radical (unpaired) electrons. The molecule has 2 bridgehead atoms. The third-order valence-corrected chi connectivity index (χ3v) is 7.09. The minimum Gasteiger partial charge on any atom is -0.465 e. The Morgan fingerprint density at radius 3 is 2.66 bits per heavy atom. The standard InChI is InChI=1S/C21H22IN5O2/c1-2-29-20(28)21(11-14-3-4-15(12-21)25-14)16-7-10-24-19-17(22)18(26-27(16)19)13-5-8-23-9-6-13/h5-10,14-15,25H,2-4,11-12H2,1H3. The number of hydrogen-bond acceptors (Lipinski definition) is 6. The zero-order chi connectivity index (χ0) is 20.0. The van der Waals surface area contributed by atoms with Crippen molar-refractivity contribution >= 4 is 34.2 Å². The summed E-state index contributed by atoms with van der Waals surface area (Å²) in [6.45, 7) is 2.23. The van der Waals surface area contributed by atoms with Gasteiger partial charge in [-0.15, -0.1) is 0 Å². The molecular weight excluding hydrogens is 481 g/mol. The molecule has 0 aliphatic carbocycles. The van der Waals surface area contributed by atoms with Crippen molar-refractivity contribution in [1.29, 1.82) is 0 Å². The number of halogens is 1. The van der Waals surface area contributed by atoms with E-state index in [9.17, 15) is 4.79 Å². The van der Waals surface area contributed by atoms with Crippen molar-refractivity contribution in [2.24, 2.45) is 0 Å². The summed E-state index contributed by atoms with van der Waals surface area (Å²) in [5.74, 6) is -0.151. The van der Waals surface area contributed by atoms with Gasteiger partial charge in [-0.1, -0.05) is 0 Å². The minimum absolute atomic E-state index is 0.151. The average molecular weight is 503 g/mol. The van der Waals surface area contributed by atoms with Crippen molar-refractivity contribution in [3.05, 3.63) is 46.1 Å². The Balaban J connectivity index is 1.71. The molecule has 0 amide bonds. The maximum Gasteiger partial charge on any atom is 0.318 e. The molecule has 3 aromatic heterocycles. The second kappa shape index (κ2) is 7.32. The summed E-state index contributed by atoms with van der Waals surface area (Å²) in [4.78, 5) is 22.0. The number of esters is 1. The van der Waals surface area contributed by atoms with Gasteiger partial charge >= 0.3 is 5.97 Å². The Morgan fingerprint density at radius 1 is 1.24 bits per heavy atom. The maximum atomic E-state index is 13.3. The zero-order valence-electron chi connectivity index (χ0n) is 16.1. The van der Waals surface area contributed by atoms with Crippen molar-refractivity contribution in [1.82, 2.24) is 24.9 Å². The molecule has 0 aromatic carbocycles. The number of hydrogen-bond donors (Lipinski definition) is 1. The summed E-state index contributed by atoms with van der Waals surface area (Å²) in [6.07, 6.45) is 8.95. The Morgan fingerprint density at radius 2 is 1.97 bits per heavy atom. The van der Waals surface area contributed by atoms with Crippen LogP contribution in [0.4, 0.5) is 0 Å². The van der Waals surface area contributed by atoms with Gasteiger partial charge in [0.05, 0.1) is 15.9 Å². The van der Waals surface area contributed by atoms with Crippen LogP contribution in [0.15, 0.2) is 36.8 Å². The molecule has 8 heteroatoms. The molecule has 5 heterocycles. The van der Waals surface area contributed by atoms with Crippen molar-refractivity contribution in [3.8, 4) is 11.3 Å². The first-order valence-corrected chi connectivity index (χ1v) is 11.1. The summed E-state index contributed by atoms with van der Waals surface area (Å²) in [7, 11) is 0. The summed E-state index contributed by atoms with van der Waals surface area (Å²) >= 11 is 2.29. The van der Waals surface area contributed by atoms with Crippen LogP contribution in [0, 0.1) is 3.57 Å². The quantitative estimate of drug-likeness (QED) is 0.436. The van der Waals surface area contributed by atoms with Crippen LogP contribution in [0.25, 0.3) is 16.9 Å². The SMILES string of the molecule is CCOC(=O)C1(c2ccnc3c(I)c(-c4ccncc4)nn23)CC2CCC(C1)N2. The highest BCUT2D eigenvalue weighted by molar-refractivity contribution is 14.1. The van der Waals surface area contributed by atoms with E-state index < -0.39 is 5.41 Å². The van der Waals surface area contributed by atoms with Gasteiger partial charge in [-0.25, -0.2) is 9.50 Å². The van der Waals surface area contributed by atoms with E-state index in [4.69, 9.17) is 9.84 Å². The van der Waals surface area contributed by atoms with Crippen molar-refractivity contribution in [2.75, 3.05) is 6.61 Å². The molecule has 2 aliphatic heterocycles. The minimum atomic E-state index is -0.709. The molecule has 150 valence electrons. The molecule has 5 rings (SSSR count). The molecule has 2 saturated heterocycles. The third kappa shape index (κ3) is 3.04. The van der Waals surface area contributed by atoms with Crippen molar-refractivity contribution in [3.63, 3.8) is 0 Å². The predicted molar refractivity (Wildman–Crippen MR) is 116 cm³/mol. The van der Waals surface area contributed by atoms with Crippen LogP contribution in [0.2, 0.25) is 0 Å². The van der Waals surface area contributed by atoms with E-state index in [0.717, 1.165) is 51.9 Å². The molecule has 2 unspecified atom stereocenters. The van der Waals surface area contributed by atoms with Crippen LogP contribution in [-0.2, 0) is 14.9 Å². The molecule has 1 N–H and O–H groups in total. The van der Waals surface area contributed by atoms with Crippen LogP contribution in [0.5, 0.6) is 0 Å². The van der Waals surface area contributed by atoms with Crippen LogP contribution < -0.4 is 5.32 Å². The Bertz CT molecular complexity index is 1060. The van der Waals surface area contributed by atoms with Gasteiger partial charge in [0.15, 0.2) is 5.65 Å². The molecule has 2 aliphatic rings. The number of fused-ring (bicyclic) bond motifs is 3. The zero-order valence-corrected chi connectivity index (χ0v) is 18.3. The molecule has 2 atom stereocenters. The summed E-state index contributed by atoms with van der Waals surface area (Å²) < 4.78 is 8.42. The Labute approximate surface area is 182 Å². The number of aromatic nitrogens is 4. The van der Waals surface area contributed by atoms with Crippen molar-refractivity contribution in [2.45, 2.75) is 50.1 Å². The first kappa shape index (κ1) is 18.9. The average Bonchev–Trinajstić information content (AvgIpc) is 3.27. The largest absolute Gasteiger partial charge is 0.465 e. The topological polar surface area (TPSA) is 81.4 Å². The Hall–Kier alpha value is -2.07. The number of nitrogens with zero attached hydrogens (tertiary/aromatic N) is 4. The second-order valence-electron chi connectivity index (χ2n) is 7.81. The third-order valence-electron chi connectivity index (χ3n) is 6.10. The number of piperidine rings is 1. The molecular formula is C21H22IN5O2. The van der Waals surface area contributed by atoms with E-state index in [1.807, 2.05) is 29.6 Å². The number of ether oxygens (including phenoxy) is 1. The lowest BCUT2D eigenvalue weighted by atomic mass is 9.73. The molecule has 7 nitrogen and oxygen atoms in total. The number of carbonyl (C=O) groups excluding carboxylic acids is 1. The highest BCUT2D eigenvalue weighted by Crippen LogP contribution is 2.44. The van der Waals surface area contributed by atoms with Crippen LogP contribution in [0.3, 0.4) is 0 Å². The first-order valence-electron chi connectivity index (χ1n) is 10.00. The van der Waals surface area contributed by atoms with Gasteiger partial charge in [-0.2, -0.15) is 5.10 Å². The normalized spacial score (nSPS) is 26.0. The van der Waals surface area contributed by atoms with Crippen LogP contribution >= 0.6 is 22.6 Å². The molecule has 0 saturated carbocycles. The Kier molecular flexibility index (Phi) is 4.78. The molecule has 3 aromatic rings. The van der Waals surface area contributed by atoms with Gasteiger partial charge in [-0.05, 0) is 73.4 Å². The van der Waals surface area contributed by atoms with Crippen LogP contribution in [-0.4, -0.2) is 44.2 Å². The molecule has 2 fully saturated rings. The molecule has 0 spiro atoms. The van der Waals surface area contributed by atoms with Gasteiger partial charge in [0.1, 0.15) is 11.1 Å². The fourth-order valence-electron chi connectivity index (χ4n) is 4.87. The van der Waals surface area contributed by atoms with Gasteiger partial charge in [-0.3, -0.25) is 9.78 Å². The van der Waals surface area contributed by atoms with E-state index >= 15 is 0 Å². The lowest BCUT2D eigenvalue weighted by Gasteiger charge is -2.39. The highest BCUT2D eigenvalue weighted by Gasteiger charge is 2.52. The first-order chi connectivity index (χ1) is 14.1. The summed E-state index contributed by atoms with van der Waals surface area (Å²) in [5, 5.41) is 8.55. The van der Waals surface area contributed by atoms with E-state index in [1.54, 1.807) is 18.6 Å². The maximum absolute atomic E-state index is 13.3. The number of carbonyl (C=O) groups is 1. The smallest absolute Gasteiger partial charge is 0.318 e. The van der Waals surface area contributed by atoms with E-state index in [0.29, 0.717) is 18.7 Å². The van der Waals surface area contributed by atoms with Gasteiger partial charge in [0.2, 0.25) is 0 Å². The number of rotatable bonds is 4. The fraction of sp³-hybridized carbons (Fsp3) is 0.429.